The number of aryl methyl sites for hydroxylation is 1. The summed E-state index contributed by atoms with van der Waals surface area (Å²) < 4.78 is 13.6. The fourth-order valence-electron chi connectivity index (χ4n) is 5.02. The Morgan fingerprint density at radius 2 is 1.76 bits per heavy atom. The third kappa shape index (κ3) is 7.00. The number of para-hydroxylation sites is 1. The Morgan fingerprint density at radius 3 is 2.47 bits per heavy atom. The van der Waals surface area contributed by atoms with E-state index >= 15 is 0 Å². The number of benzene rings is 4. The zero-order chi connectivity index (χ0) is 32.2. The highest BCUT2D eigenvalue weighted by Crippen LogP contribution is 2.34. The van der Waals surface area contributed by atoms with Gasteiger partial charge in [0, 0.05) is 52.6 Å². The maximum absolute atomic E-state index is 14.0. The van der Waals surface area contributed by atoms with Crippen molar-refractivity contribution in [3.63, 3.8) is 0 Å². The quantitative estimate of drug-likeness (QED) is 0.142. The summed E-state index contributed by atoms with van der Waals surface area (Å²) in [5.41, 5.74) is 5.51. The van der Waals surface area contributed by atoms with Gasteiger partial charge < -0.3 is 14.4 Å². The number of aromatic nitrogens is 2. The normalized spacial score (nSPS) is 11.5. The van der Waals surface area contributed by atoms with Crippen molar-refractivity contribution in [2.45, 2.75) is 40.2 Å². The maximum atomic E-state index is 14.0. The van der Waals surface area contributed by atoms with E-state index in [1.54, 1.807) is 24.4 Å². The molecule has 0 atom stereocenters. The monoisotopic (exact) mass is 642 g/mol. The molecule has 0 aliphatic rings. The Labute approximate surface area is 273 Å². The van der Waals surface area contributed by atoms with E-state index in [-0.39, 0.29) is 18.1 Å². The summed E-state index contributed by atoms with van der Waals surface area (Å²) in [6.07, 6.45) is 1.63. The van der Waals surface area contributed by atoms with Gasteiger partial charge in [-0.1, -0.05) is 55.2 Å². The van der Waals surface area contributed by atoms with Crippen LogP contribution < -0.4 is 19.9 Å². The molecule has 0 amide bonds. The lowest BCUT2D eigenvalue weighted by molar-refractivity contribution is 0.306. The zero-order valence-electron chi connectivity index (χ0n) is 26.3. The smallest absolute Gasteiger partial charge is 0.282 e. The van der Waals surface area contributed by atoms with E-state index in [4.69, 9.17) is 42.8 Å². The van der Waals surface area contributed by atoms with Crippen LogP contribution >= 0.6 is 23.2 Å². The van der Waals surface area contributed by atoms with Gasteiger partial charge in [0.25, 0.3) is 5.56 Å². The van der Waals surface area contributed by atoms with Gasteiger partial charge in [-0.15, -0.1) is 0 Å². The maximum Gasteiger partial charge on any atom is 0.282 e. The van der Waals surface area contributed by atoms with Gasteiger partial charge in [-0.2, -0.15) is 9.78 Å². The Hall–Kier alpha value is -4.33. The second-order valence-electron chi connectivity index (χ2n) is 11.2. The lowest BCUT2D eigenvalue weighted by atomic mass is 9.96. The van der Waals surface area contributed by atoms with Crippen LogP contribution in [0.15, 0.2) is 82.7 Å². The predicted molar refractivity (Wildman–Crippen MR) is 186 cm³/mol. The standard InChI is InChI=1S/C36H36Cl2N4O3/c1-7-44-34-16-23(4)30(19-29(34)22(2)3)35-40-32-11-9-8-10-28(32)36(43)42(35)39-20-24-13-15-27(41(5)6)18-33(24)45-21-25-12-14-26(37)17-31(25)38/h8-20,22H,7,21H2,1-6H3. The minimum atomic E-state index is -0.272. The van der Waals surface area contributed by atoms with Gasteiger partial charge in [-0.05, 0) is 79.4 Å². The molecular weight excluding hydrogens is 607 g/mol. The average molecular weight is 644 g/mol. The van der Waals surface area contributed by atoms with Gasteiger partial charge >= 0.3 is 0 Å². The Bertz CT molecular complexity index is 1950. The summed E-state index contributed by atoms with van der Waals surface area (Å²) in [6, 6.07) is 22.5. The van der Waals surface area contributed by atoms with Crippen LogP contribution in [0.5, 0.6) is 11.5 Å². The van der Waals surface area contributed by atoms with E-state index in [1.165, 1.54) is 4.68 Å². The van der Waals surface area contributed by atoms with Crippen molar-refractivity contribution in [1.82, 2.24) is 9.66 Å². The number of fused-ring (bicyclic) bond motifs is 1. The van der Waals surface area contributed by atoms with Gasteiger partial charge in [0.05, 0.1) is 23.7 Å². The van der Waals surface area contributed by atoms with Crippen LogP contribution in [0.3, 0.4) is 0 Å². The summed E-state index contributed by atoms with van der Waals surface area (Å²) in [4.78, 5) is 20.9. The van der Waals surface area contributed by atoms with Crippen molar-refractivity contribution in [2.75, 3.05) is 25.6 Å². The number of hydrogen-bond donors (Lipinski definition) is 0. The lowest BCUT2D eigenvalue weighted by Gasteiger charge is -2.18. The number of rotatable bonds is 10. The van der Waals surface area contributed by atoms with Crippen LogP contribution in [0.1, 0.15) is 48.9 Å². The van der Waals surface area contributed by atoms with Gasteiger partial charge in [0.15, 0.2) is 5.82 Å². The molecule has 0 saturated carbocycles. The van der Waals surface area contributed by atoms with Gasteiger partial charge in [0.2, 0.25) is 0 Å². The SMILES string of the molecule is CCOc1cc(C)c(-c2nc3ccccc3c(=O)n2N=Cc2ccc(N(C)C)cc2OCc2ccc(Cl)cc2Cl)cc1C(C)C. The van der Waals surface area contributed by atoms with Crippen LogP contribution in [0.4, 0.5) is 5.69 Å². The molecule has 0 saturated heterocycles. The van der Waals surface area contributed by atoms with Crippen molar-refractivity contribution in [2.24, 2.45) is 5.10 Å². The molecule has 0 aliphatic heterocycles. The molecule has 7 nitrogen and oxygen atoms in total. The van der Waals surface area contributed by atoms with Gasteiger partial charge in [0.1, 0.15) is 18.1 Å². The molecule has 1 aromatic heterocycles. The molecule has 0 aliphatic carbocycles. The highest BCUT2D eigenvalue weighted by Gasteiger charge is 2.19. The Balaban J connectivity index is 1.64. The van der Waals surface area contributed by atoms with Crippen molar-refractivity contribution < 1.29 is 9.47 Å². The van der Waals surface area contributed by atoms with Gasteiger partial charge in [-0.3, -0.25) is 4.79 Å². The average Bonchev–Trinajstić information content (AvgIpc) is 3.00. The van der Waals surface area contributed by atoms with Crippen molar-refractivity contribution >= 4 is 46.0 Å². The molecule has 0 spiro atoms. The van der Waals surface area contributed by atoms with E-state index in [9.17, 15) is 4.79 Å². The summed E-state index contributed by atoms with van der Waals surface area (Å²) in [5, 5.41) is 6.29. The van der Waals surface area contributed by atoms with Crippen LogP contribution in [0.25, 0.3) is 22.3 Å². The first kappa shape index (κ1) is 32.1. The molecule has 4 aromatic carbocycles. The zero-order valence-corrected chi connectivity index (χ0v) is 27.8. The summed E-state index contributed by atoms with van der Waals surface area (Å²) in [6.45, 7) is 8.98. The molecule has 0 fully saturated rings. The molecule has 1 heterocycles. The van der Waals surface area contributed by atoms with E-state index in [0.717, 1.165) is 33.7 Å². The number of halogens is 2. The van der Waals surface area contributed by atoms with E-state index in [0.29, 0.717) is 44.7 Å². The van der Waals surface area contributed by atoms with Crippen molar-refractivity contribution in [1.29, 1.82) is 0 Å². The van der Waals surface area contributed by atoms with Crippen molar-refractivity contribution in [3.8, 4) is 22.9 Å². The number of nitrogens with zero attached hydrogens (tertiary/aromatic N) is 4. The minimum absolute atomic E-state index is 0.194. The molecule has 232 valence electrons. The van der Waals surface area contributed by atoms with E-state index < -0.39 is 0 Å². The van der Waals surface area contributed by atoms with Crippen LogP contribution in [-0.2, 0) is 6.61 Å². The topological polar surface area (TPSA) is 69.0 Å². The fraction of sp³-hybridized carbons (Fsp3) is 0.250. The first-order valence-electron chi connectivity index (χ1n) is 14.8. The highest BCUT2D eigenvalue weighted by molar-refractivity contribution is 6.35. The highest BCUT2D eigenvalue weighted by atomic mass is 35.5. The molecule has 9 heteroatoms. The molecule has 5 aromatic rings. The first-order valence-corrected chi connectivity index (χ1v) is 15.5. The molecular formula is C36H36Cl2N4O3. The van der Waals surface area contributed by atoms with Crippen LogP contribution in [0, 0.1) is 6.92 Å². The summed E-state index contributed by atoms with van der Waals surface area (Å²) in [7, 11) is 3.92. The van der Waals surface area contributed by atoms with Gasteiger partial charge in [-0.25, -0.2) is 4.98 Å². The first-order chi connectivity index (χ1) is 21.6. The van der Waals surface area contributed by atoms with E-state index in [1.807, 2.05) is 81.4 Å². The second-order valence-corrected chi connectivity index (χ2v) is 12.1. The molecule has 0 N–H and O–H groups in total. The summed E-state index contributed by atoms with van der Waals surface area (Å²) >= 11 is 12.5. The molecule has 5 rings (SSSR count). The largest absolute Gasteiger partial charge is 0.494 e. The number of ether oxygens (including phenoxy) is 2. The minimum Gasteiger partial charge on any atom is -0.494 e. The molecule has 0 unspecified atom stereocenters. The van der Waals surface area contributed by atoms with Crippen LogP contribution in [0.2, 0.25) is 10.0 Å². The third-order valence-electron chi connectivity index (χ3n) is 7.50. The Morgan fingerprint density at radius 1 is 0.978 bits per heavy atom. The number of anilines is 1. The molecule has 0 radical (unpaired) electrons. The van der Waals surface area contributed by atoms with E-state index in [2.05, 4.69) is 19.9 Å². The molecule has 0 bridgehead atoms. The number of hydrogen-bond acceptors (Lipinski definition) is 6. The van der Waals surface area contributed by atoms with Crippen molar-refractivity contribution in [3.05, 3.63) is 115 Å². The predicted octanol–water partition coefficient (Wildman–Crippen LogP) is 8.73. The summed E-state index contributed by atoms with van der Waals surface area (Å²) in [5.74, 6) is 2.05. The molecule has 45 heavy (non-hydrogen) atoms. The lowest BCUT2D eigenvalue weighted by Crippen LogP contribution is -2.21. The second kappa shape index (κ2) is 13.8. The fourth-order valence-corrected chi connectivity index (χ4v) is 5.49. The van der Waals surface area contributed by atoms with Crippen LogP contribution in [-0.4, -0.2) is 36.6 Å². The third-order valence-corrected chi connectivity index (χ3v) is 8.08. The Kier molecular flexibility index (Phi) is 9.80.